The van der Waals surface area contributed by atoms with Crippen LogP contribution in [-0.4, -0.2) is 17.2 Å². The molecule has 0 spiro atoms. The van der Waals surface area contributed by atoms with Gasteiger partial charge in [-0.3, -0.25) is 0 Å². The van der Waals surface area contributed by atoms with Gasteiger partial charge in [-0.25, -0.2) is 0 Å². The fraction of sp³-hybridized carbons (Fsp3) is 0.368. The summed E-state index contributed by atoms with van der Waals surface area (Å²) in [6.45, 7) is 4.42. The van der Waals surface area contributed by atoms with Crippen LogP contribution in [0.15, 0.2) is 60.7 Å². The molecular weight excluding hydrogens is 307 g/mol. The average molecular weight is 332 g/mol. The average Bonchev–Trinajstić information content (AvgIpc) is 2.56. The van der Waals surface area contributed by atoms with E-state index in [2.05, 4.69) is 13.8 Å². The van der Waals surface area contributed by atoms with Gasteiger partial charge in [0.1, 0.15) is 7.14 Å². The summed E-state index contributed by atoms with van der Waals surface area (Å²) in [6, 6.07) is 20.0. The normalized spacial score (nSPS) is 13.0. The third-order valence-electron chi connectivity index (χ3n) is 3.76. The zero-order chi connectivity index (χ0) is 15.8. The zero-order valence-electron chi connectivity index (χ0n) is 13.4. The van der Waals surface area contributed by atoms with E-state index in [9.17, 15) is 4.57 Å². The molecule has 2 aromatic rings. The van der Waals surface area contributed by atoms with E-state index in [1.807, 2.05) is 72.4 Å². The topological polar surface area (TPSA) is 17.1 Å². The molecule has 0 aromatic heterocycles. The number of hydrogen-bond acceptors (Lipinski definition) is 2. The first-order chi connectivity index (χ1) is 10.7. The van der Waals surface area contributed by atoms with Crippen molar-refractivity contribution in [2.24, 2.45) is 0 Å². The molecule has 0 heterocycles. The van der Waals surface area contributed by atoms with Crippen LogP contribution >= 0.6 is 18.9 Å². The van der Waals surface area contributed by atoms with Crippen LogP contribution in [0.2, 0.25) is 0 Å². The molecule has 1 unspecified atom stereocenters. The van der Waals surface area contributed by atoms with Gasteiger partial charge in [0.25, 0.3) is 0 Å². The minimum atomic E-state index is -2.55. The smallest absolute Gasteiger partial charge is 0.144 e. The molecule has 2 aromatic carbocycles. The van der Waals surface area contributed by atoms with Crippen molar-refractivity contribution in [3.05, 3.63) is 60.7 Å². The first kappa shape index (κ1) is 17.4. The second-order valence-electron chi connectivity index (χ2n) is 5.63. The summed E-state index contributed by atoms with van der Waals surface area (Å²) in [6.07, 6.45) is 3.18. The largest absolute Gasteiger partial charge is 0.314 e. The Balaban J connectivity index is 2.25. The second kappa shape index (κ2) is 8.60. The van der Waals surface area contributed by atoms with Gasteiger partial charge in [-0.1, -0.05) is 80.9 Å². The minimum Gasteiger partial charge on any atom is -0.314 e. The maximum absolute atomic E-state index is 13.8. The predicted octanol–water partition coefficient (Wildman–Crippen LogP) is 4.92. The Morgan fingerprint density at radius 1 is 0.955 bits per heavy atom. The summed E-state index contributed by atoms with van der Waals surface area (Å²) in [5.41, 5.74) is 0. The Bertz CT molecular complexity index is 554. The van der Waals surface area contributed by atoms with Gasteiger partial charge in [0.05, 0.1) is 0 Å². The number of rotatable bonds is 8. The molecule has 0 radical (unpaired) electrons. The molecule has 0 aliphatic heterocycles. The lowest BCUT2D eigenvalue weighted by Gasteiger charge is -2.23. The number of unbranched alkanes of at least 4 members (excludes halogenated alkanes) is 1. The van der Waals surface area contributed by atoms with E-state index in [4.69, 9.17) is 0 Å². The van der Waals surface area contributed by atoms with E-state index in [1.165, 1.54) is 12.8 Å². The fourth-order valence-electron chi connectivity index (χ4n) is 2.54. The standard InChI is InChI=1S/C19H25OPS/c1-3-4-15-22-17(2)16-21(20,18-11-7-5-8-12-18)19-13-9-6-10-14-19/h5-14,17H,3-4,15-16H2,1-2H3. The van der Waals surface area contributed by atoms with Crippen molar-refractivity contribution in [2.75, 3.05) is 11.9 Å². The molecule has 0 saturated heterocycles. The van der Waals surface area contributed by atoms with Crippen molar-refractivity contribution >= 4 is 29.5 Å². The highest BCUT2D eigenvalue weighted by Gasteiger charge is 2.29. The maximum atomic E-state index is 13.8. The summed E-state index contributed by atoms with van der Waals surface area (Å²) in [4.78, 5) is 0. The molecular formula is C19H25OPS. The van der Waals surface area contributed by atoms with Gasteiger partial charge in [0, 0.05) is 22.0 Å². The van der Waals surface area contributed by atoms with Crippen molar-refractivity contribution in [2.45, 2.75) is 31.9 Å². The number of benzene rings is 2. The Labute approximate surface area is 138 Å². The summed E-state index contributed by atoms with van der Waals surface area (Å²) in [5.74, 6) is 1.15. The van der Waals surface area contributed by atoms with Gasteiger partial charge in [-0.2, -0.15) is 11.8 Å². The van der Waals surface area contributed by atoms with E-state index < -0.39 is 7.14 Å². The lowest BCUT2D eigenvalue weighted by atomic mass is 10.4. The Morgan fingerprint density at radius 3 is 1.91 bits per heavy atom. The summed E-state index contributed by atoms with van der Waals surface area (Å²) < 4.78 is 13.8. The van der Waals surface area contributed by atoms with E-state index in [-0.39, 0.29) is 0 Å². The molecule has 0 N–H and O–H groups in total. The third-order valence-corrected chi connectivity index (χ3v) is 8.59. The first-order valence-electron chi connectivity index (χ1n) is 7.98. The predicted molar refractivity (Wildman–Crippen MR) is 101 cm³/mol. The molecule has 3 heteroatoms. The molecule has 0 fully saturated rings. The number of hydrogen-bond donors (Lipinski definition) is 0. The molecule has 1 nitrogen and oxygen atoms in total. The molecule has 0 aliphatic carbocycles. The van der Waals surface area contributed by atoms with Crippen molar-refractivity contribution in [3.63, 3.8) is 0 Å². The van der Waals surface area contributed by atoms with Crippen molar-refractivity contribution in [3.8, 4) is 0 Å². The Kier molecular flexibility index (Phi) is 6.79. The van der Waals surface area contributed by atoms with Gasteiger partial charge < -0.3 is 4.57 Å². The summed E-state index contributed by atoms with van der Waals surface area (Å²) in [7, 11) is -2.55. The lowest BCUT2D eigenvalue weighted by molar-refractivity contribution is 0.586. The molecule has 1 atom stereocenters. The zero-order valence-corrected chi connectivity index (χ0v) is 15.2. The molecule has 0 aliphatic rings. The highest BCUT2D eigenvalue weighted by molar-refractivity contribution is 8.00. The van der Waals surface area contributed by atoms with Crippen LogP contribution in [0.1, 0.15) is 26.7 Å². The highest BCUT2D eigenvalue weighted by atomic mass is 32.2. The van der Waals surface area contributed by atoms with Crippen molar-refractivity contribution in [1.82, 2.24) is 0 Å². The van der Waals surface area contributed by atoms with Gasteiger partial charge in [-0.15, -0.1) is 0 Å². The summed E-state index contributed by atoms with van der Waals surface area (Å²) in [5, 5.41) is 2.35. The van der Waals surface area contributed by atoms with Crippen LogP contribution in [0.25, 0.3) is 0 Å². The van der Waals surface area contributed by atoms with E-state index >= 15 is 0 Å². The maximum Gasteiger partial charge on any atom is 0.144 e. The van der Waals surface area contributed by atoms with Crippen LogP contribution in [0.4, 0.5) is 0 Å². The van der Waals surface area contributed by atoms with Gasteiger partial charge in [0.2, 0.25) is 0 Å². The van der Waals surface area contributed by atoms with E-state index in [0.717, 1.165) is 22.5 Å². The van der Waals surface area contributed by atoms with Crippen molar-refractivity contribution in [1.29, 1.82) is 0 Å². The SMILES string of the molecule is CCCCSC(C)CP(=O)(c1ccccc1)c1ccccc1. The lowest BCUT2D eigenvalue weighted by Crippen LogP contribution is -2.22. The molecule has 0 bridgehead atoms. The van der Waals surface area contributed by atoms with Crippen LogP contribution in [0, 0.1) is 0 Å². The van der Waals surface area contributed by atoms with Gasteiger partial charge >= 0.3 is 0 Å². The monoisotopic (exact) mass is 332 g/mol. The Morgan fingerprint density at radius 2 is 1.45 bits per heavy atom. The quantitative estimate of drug-likeness (QED) is 0.504. The Hall–Kier alpha value is -0.980. The molecule has 2 rings (SSSR count). The molecule has 22 heavy (non-hydrogen) atoms. The van der Waals surface area contributed by atoms with Crippen LogP contribution < -0.4 is 10.6 Å². The van der Waals surface area contributed by atoms with E-state index in [1.54, 1.807) is 0 Å². The molecule has 0 amide bonds. The first-order valence-corrected chi connectivity index (χ1v) is 10.9. The van der Waals surface area contributed by atoms with Gasteiger partial charge in [-0.05, 0) is 12.2 Å². The van der Waals surface area contributed by atoms with Crippen LogP contribution in [0.3, 0.4) is 0 Å². The van der Waals surface area contributed by atoms with Crippen molar-refractivity contribution < 1.29 is 4.57 Å². The van der Waals surface area contributed by atoms with Crippen LogP contribution in [0.5, 0.6) is 0 Å². The van der Waals surface area contributed by atoms with E-state index in [0.29, 0.717) is 5.25 Å². The number of thioether (sulfide) groups is 1. The summed E-state index contributed by atoms with van der Waals surface area (Å²) >= 11 is 1.94. The minimum absolute atomic E-state index is 0.401. The third kappa shape index (κ3) is 4.51. The second-order valence-corrected chi connectivity index (χ2v) is 10.1. The highest BCUT2D eigenvalue weighted by Crippen LogP contribution is 2.45. The molecule has 0 saturated carbocycles. The van der Waals surface area contributed by atoms with Gasteiger partial charge in [0.15, 0.2) is 0 Å². The van der Waals surface area contributed by atoms with Crippen LogP contribution in [-0.2, 0) is 4.57 Å². The molecule has 118 valence electrons. The fourth-order valence-corrected chi connectivity index (χ4v) is 7.20.